The Morgan fingerprint density at radius 3 is 2.83 bits per heavy atom. The standard InChI is InChI=1S/C15H23NOS/c16-9-8-15(17)13-6-3-7-14(10-13)18-11-12-4-1-2-5-12/h3,6-7,10,12,15,17H,1-2,4-5,8-9,11,16H2. The van der Waals surface area contributed by atoms with Crippen LogP contribution in [-0.2, 0) is 0 Å². The van der Waals surface area contributed by atoms with Gasteiger partial charge in [0.1, 0.15) is 0 Å². The summed E-state index contributed by atoms with van der Waals surface area (Å²) in [5.41, 5.74) is 6.48. The Balaban J connectivity index is 1.89. The highest BCUT2D eigenvalue weighted by molar-refractivity contribution is 7.99. The van der Waals surface area contributed by atoms with Gasteiger partial charge in [0, 0.05) is 10.6 Å². The predicted molar refractivity (Wildman–Crippen MR) is 77.8 cm³/mol. The monoisotopic (exact) mass is 265 g/mol. The van der Waals surface area contributed by atoms with E-state index in [0.29, 0.717) is 13.0 Å². The van der Waals surface area contributed by atoms with Crippen LogP contribution in [0.5, 0.6) is 0 Å². The van der Waals surface area contributed by atoms with Crippen molar-refractivity contribution in [2.45, 2.75) is 43.1 Å². The number of nitrogens with two attached hydrogens (primary N) is 1. The van der Waals surface area contributed by atoms with Crippen LogP contribution in [0.1, 0.15) is 43.8 Å². The second kappa shape index (κ2) is 7.17. The van der Waals surface area contributed by atoms with Crippen LogP contribution >= 0.6 is 11.8 Å². The van der Waals surface area contributed by atoms with E-state index >= 15 is 0 Å². The molecule has 1 aromatic rings. The molecule has 1 saturated carbocycles. The van der Waals surface area contributed by atoms with E-state index in [0.717, 1.165) is 11.5 Å². The minimum Gasteiger partial charge on any atom is -0.388 e. The number of rotatable bonds is 6. The van der Waals surface area contributed by atoms with Crippen molar-refractivity contribution >= 4 is 11.8 Å². The molecule has 0 bridgehead atoms. The Bertz CT molecular complexity index is 363. The van der Waals surface area contributed by atoms with Crippen molar-refractivity contribution in [2.24, 2.45) is 11.7 Å². The van der Waals surface area contributed by atoms with Gasteiger partial charge in [-0.2, -0.15) is 0 Å². The highest BCUT2D eigenvalue weighted by Crippen LogP contribution is 2.31. The number of hydrogen-bond acceptors (Lipinski definition) is 3. The highest BCUT2D eigenvalue weighted by Gasteiger charge is 2.15. The maximum Gasteiger partial charge on any atom is 0.0802 e. The number of thioether (sulfide) groups is 1. The van der Waals surface area contributed by atoms with Crippen molar-refractivity contribution in [3.63, 3.8) is 0 Å². The van der Waals surface area contributed by atoms with Gasteiger partial charge in [-0.15, -0.1) is 11.8 Å². The zero-order chi connectivity index (χ0) is 12.8. The van der Waals surface area contributed by atoms with Crippen LogP contribution in [0.3, 0.4) is 0 Å². The Labute approximate surface area is 114 Å². The first-order valence-corrected chi connectivity index (χ1v) is 7.89. The van der Waals surface area contributed by atoms with Gasteiger partial charge in [0.05, 0.1) is 6.10 Å². The average Bonchev–Trinajstić information content (AvgIpc) is 2.90. The zero-order valence-electron chi connectivity index (χ0n) is 10.8. The lowest BCUT2D eigenvalue weighted by Crippen LogP contribution is -2.06. The molecular weight excluding hydrogens is 242 g/mol. The summed E-state index contributed by atoms with van der Waals surface area (Å²) in [5, 5.41) is 9.94. The lowest BCUT2D eigenvalue weighted by Gasteiger charge is -2.12. The second-order valence-corrected chi connectivity index (χ2v) is 6.22. The summed E-state index contributed by atoms with van der Waals surface area (Å²) in [7, 11) is 0. The minimum atomic E-state index is -0.415. The molecule has 0 aliphatic heterocycles. The van der Waals surface area contributed by atoms with Crippen molar-refractivity contribution in [1.82, 2.24) is 0 Å². The van der Waals surface area contributed by atoms with E-state index < -0.39 is 6.10 Å². The molecule has 0 aromatic heterocycles. The van der Waals surface area contributed by atoms with Gasteiger partial charge >= 0.3 is 0 Å². The van der Waals surface area contributed by atoms with E-state index in [-0.39, 0.29) is 0 Å². The molecule has 1 aromatic carbocycles. The molecule has 0 radical (unpaired) electrons. The minimum absolute atomic E-state index is 0.415. The van der Waals surface area contributed by atoms with Crippen molar-refractivity contribution in [3.8, 4) is 0 Å². The third-order valence-electron chi connectivity index (χ3n) is 3.64. The quantitative estimate of drug-likeness (QED) is 0.775. The maximum absolute atomic E-state index is 9.94. The summed E-state index contributed by atoms with van der Waals surface area (Å²) in [5.74, 6) is 2.11. The number of aliphatic hydroxyl groups is 1. The van der Waals surface area contributed by atoms with Crippen LogP contribution in [0.25, 0.3) is 0 Å². The van der Waals surface area contributed by atoms with Crippen LogP contribution in [0.2, 0.25) is 0 Å². The van der Waals surface area contributed by atoms with Crippen molar-refractivity contribution in [2.75, 3.05) is 12.3 Å². The topological polar surface area (TPSA) is 46.2 Å². The summed E-state index contributed by atoms with van der Waals surface area (Å²) in [6.45, 7) is 0.528. The fourth-order valence-electron chi connectivity index (χ4n) is 2.53. The van der Waals surface area contributed by atoms with E-state index in [4.69, 9.17) is 5.73 Å². The third kappa shape index (κ3) is 4.01. The first-order valence-electron chi connectivity index (χ1n) is 6.90. The predicted octanol–water partition coefficient (Wildman–Crippen LogP) is 3.35. The van der Waals surface area contributed by atoms with Crippen LogP contribution in [-0.4, -0.2) is 17.4 Å². The van der Waals surface area contributed by atoms with E-state index in [1.54, 1.807) is 0 Å². The molecule has 1 aliphatic rings. The summed E-state index contributed by atoms with van der Waals surface area (Å²) < 4.78 is 0. The molecule has 1 atom stereocenters. The first-order chi connectivity index (χ1) is 8.79. The second-order valence-electron chi connectivity index (χ2n) is 5.13. The Kier molecular flexibility index (Phi) is 5.54. The molecule has 100 valence electrons. The molecule has 2 nitrogen and oxygen atoms in total. The molecule has 1 unspecified atom stereocenters. The van der Waals surface area contributed by atoms with Gasteiger partial charge in [0.25, 0.3) is 0 Å². The lowest BCUT2D eigenvalue weighted by atomic mass is 10.1. The van der Waals surface area contributed by atoms with Crippen LogP contribution < -0.4 is 5.73 Å². The largest absolute Gasteiger partial charge is 0.388 e. The van der Waals surface area contributed by atoms with E-state index in [2.05, 4.69) is 12.1 Å². The lowest BCUT2D eigenvalue weighted by molar-refractivity contribution is 0.170. The molecule has 0 spiro atoms. The molecule has 1 fully saturated rings. The van der Waals surface area contributed by atoms with E-state index in [1.807, 2.05) is 23.9 Å². The van der Waals surface area contributed by atoms with Gasteiger partial charge in [0.15, 0.2) is 0 Å². The Morgan fingerprint density at radius 1 is 1.33 bits per heavy atom. The SMILES string of the molecule is NCCC(O)c1cccc(SCC2CCCC2)c1. The summed E-state index contributed by atoms with van der Waals surface area (Å²) in [4.78, 5) is 1.27. The highest BCUT2D eigenvalue weighted by atomic mass is 32.2. The van der Waals surface area contributed by atoms with Crippen molar-refractivity contribution in [3.05, 3.63) is 29.8 Å². The molecule has 0 heterocycles. The van der Waals surface area contributed by atoms with Crippen LogP contribution in [0.4, 0.5) is 0 Å². The first kappa shape index (κ1) is 13.9. The molecule has 3 heteroatoms. The smallest absolute Gasteiger partial charge is 0.0802 e. The van der Waals surface area contributed by atoms with Gasteiger partial charge < -0.3 is 10.8 Å². The van der Waals surface area contributed by atoms with Gasteiger partial charge in [0.2, 0.25) is 0 Å². The van der Waals surface area contributed by atoms with Gasteiger partial charge in [-0.25, -0.2) is 0 Å². The summed E-state index contributed by atoms with van der Waals surface area (Å²) in [6.07, 6.45) is 5.81. The van der Waals surface area contributed by atoms with E-state index in [1.165, 1.54) is 36.3 Å². The molecule has 18 heavy (non-hydrogen) atoms. The zero-order valence-corrected chi connectivity index (χ0v) is 11.7. The van der Waals surface area contributed by atoms with Gasteiger partial charge in [-0.3, -0.25) is 0 Å². The third-order valence-corrected chi connectivity index (χ3v) is 4.87. The molecule has 3 N–H and O–H groups in total. The number of aliphatic hydroxyl groups excluding tert-OH is 1. The normalized spacial score (nSPS) is 18.1. The van der Waals surface area contributed by atoms with Crippen LogP contribution in [0, 0.1) is 5.92 Å². The Morgan fingerprint density at radius 2 is 2.11 bits per heavy atom. The van der Waals surface area contributed by atoms with Crippen LogP contribution in [0.15, 0.2) is 29.2 Å². The Hall–Kier alpha value is -0.510. The molecule has 1 aliphatic carbocycles. The molecular formula is C15H23NOS. The van der Waals surface area contributed by atoms with Gasteiger partial charge in [-0.05, 0) is 49.4 Å². The molecule has 0 amide bonds. The van der Waals surface area contributed by atoms with E-state index in [9.17, 15) is 5.11 Å². The maximum atomic E-state index is 9.94. The molecule has 0 saturated heterocycles. The summed E-state index contributed by atoms with van der Waals surface area (Å²) >= 11 is 1.92. The summed E-state index contributed by atoms with van der Waals surface area (Å²) in [6, 6.07) is 8.27. The van der Waals surface area contributed by atoms with Crippen molar-refractivity contribution < 1.29 is 5.11 Å². The van der Waals surface area contributed by atoms with Gasteiger partial charge in [-0.1, -0.05) is 25.0 Å². The molecule has 2 rings (SSSR count). The number of hydrogen-bond donors (Lipinski definition) is 2. The fraction of sp³-hybridized carbons (Fsp3) is 0.600. The average molecular weight is 265 g/mol. The van der Waals surface area contributed by atoms with Crippen molar-refractivity contribution in [1.29, 1.82) is 0 Å². The number of benzene rings is 1. The fourth-order valence-corrected chi connectivity index (χ4v) is 3.68.